The third kappa shape index (κ3) is 6.55. The number of nitrogens with one attached hydrogen (secondary N) is 2. The number of halogens is 2. The molecule has 0 fully saturated rings. The fourth-order valence-corrected chi connectivity index (χ4v) is 1.71. The van der Waals surface area contributed by atoms with E-state index in [1.165, 1.54) is 6.07 Å². The van der Waals surface area contributed by atoms with E-state index >= 15 is 0 Å². The SMILES string of the molecule is CCNCCNC(=O)C(C)Cc1ccccc1F.Cl. The van der Waals surface area contributed by atoms with Crippen LogP contribution in [0.15, 0.2) is 24.3 Å². The van der Waals surface area contributed by atoms with Gasteiger partial charge in [0.15, 0.2) is 0 Å². The van der Waals surface area contributed by atoms with Crippen LogP contribution in [0.4, 0.5) is 4.39 Å². The molecule has 1 aromatic carbocycles. The van der Waals surface area contributed by atoms with Crippen molar-refractivity contribution in [3.63, 3.8) is 0 Å². The molecule has 3 nitrogen and oxygen atoms in total. The lowest BCUT2D eigenvalue weighted by Crippen LogP contribution is -2.35. The van der Waals surface area contributed by atoms with Crippen LogP contribution in [0.2, 0.25) is 0 Å². The zero-order chi connectivity index (χ0) is 13.4. The minimum absolute atomic E-state index is 0. The van der Waals surface area contributed by atoms with Crippen molar-refractivity contribution in [1.82, 2.24) is 10.6 Å². The highest BCUT2D eigenvalue weighted by molar-refractivity contribution is 5.85. The summed E-state index contributed by atoms with van der Waals surface area (Å²) in [5, 5.41) is 5.96. The smallest absolute Gasteiger partial charge is 0.223 e. The van der Waals surface area contributed by atoms with E-state index in [0.717, 1.165) is 13.1 Å². The van der Waals surface area contributed by atoms with E-state index in [9.17, 15) is 9.18 Å². The van der Waals surface area contributed by atoms with Crippen molar-refractivity contribution >= 4 is 18.3 Å². The standard InChI is InChI=1S/C14H21FN2O.ClH/c1-3-16-8-9-17-14(18)11(2)10-12-6-4-5-7-13(12)15;/h4-7,11,16H,3,8-10H2,1-2H3,(H,17,18);1H. The second-order valence-corrected chi connectivity index (χ2v) is 4.34. The molecule has 0 bridgehead atoms. The number of benzene rings is 1. The summed E-state index contributed by atoms with van der Waals surface area (Å²) < 4.78 is 13.4. The third-order valence-electron chi connectivity index (χ3n) is 2.78. The van der Waals surface area contributed by atoms with Gasteiger partial charge in [0, 0.05) is 19.0 Å². The quantitative estimate of drug-likeness (QED) is 0.755. The monoisotopic (exact) mass is 288 g/mol. The van der Waals surface area contributed by atoms with Gasteiger partial charge >= 0.3 is 0 Å². The molecule has 1 aromatic rings. The van der Waals surface area contributed by atoms with E-state index in [-0.39, 0.29) is 30.0 Å². The van der Waals surface area contributed by atoms with Crippen LogP contribution in [0.5, 0.6) is 0 Å². The Morgan fingerprint density at radius 2 is 2.00 bits per heavy atom. The van der Waals surface area contributed by atoms with Crippen LogP contribution in [0, 0.1) is 11.7 Å². The molecule has 0 saturated heterocycles. The van der Waals surface area contributed by atoms with Crippen molar-refractivity contribution < 1.29 is 9.18 Å². The minimum atomic E-state index is -0.246. The van der Waals surface area contributed by atoms with Crippen LogP contribution >= 0.6 is 12.4 Å². The van der Waals surface area contributed by atoms with E-state index in [2.05, 4.69) is 10.6 Å². The molecular formula is C14H22ClFN2O. The molecule has 0 heterocycles. The zero-order valence-corrected chi connectivity index (χ0v) is 12.2. The molecule has 5 heteroatoms. The van der Waals surface area contributed by atoms with Gasteiger partial charge < -0.3 is 10.6 Å². The average Bonchev–Trinajstić information content (AvgIpc) is 2.37. The zero-order valence-electron chi connectivity index (χ0n) is 11.4. The van der Waals surface area contributed by atoms with Crippen LogP contribution < -0.4 is 10.6 Å². The Kier molecular flexibility index (Phi) is 9.17. The van der Waals surface area contributed by atoms with Gasteiger partial charge in [-0.1, -0.05) is 32.0 Å². The first-order chi connectivity index (χ1) is 8.65. The van der Waals surface area contributed by atoms with Crippen LogP contribution in [0.25, 0.3) is 0 Å². The Labute approximate surface area is 120 Å². The number of carbonyl (C=O) groups is 1. The highest BCUT2D eigenvalue weighted by Gasteiger charge is 2.14. The molecule has 0 saturated carbocycles. The first-order valence-electron chi connectivity index (χ1n) is 6.37. The lowest BCUT2D eigenvalue weighted by atomic mass is 10.00. The summed E-state index contributed by atoms with van der Waals surface area (Å²) in [7, 11) is 0. The second kappa shape index (κ2) is 9.75. The van der Waals surface area contributed by atoms with Gasteiger partial charge in [0.25, 0.3) is 0 Å². The number of likely N-dealkylation sites (N-methyl/N-ethyl adjacent to an activating group) is 1. The molecule has 0 aliphatic rings. The van der Waals surface area contributed by atoms with Crippen LogP contribution in [-0.2, 0) is 11.2 Å². The van der Waals surface area contributed by atoms with Crippen molar-refractivity contribution in [1.29, 1.82) is 0 Å². The lowest BCUT2D eigenvalue weighted by molar-refractivity contribution is -0.124. The summed E-state index contributed by atoms with van der Waals surface area (Å²) in [5.74, 6) is -0.496. The molecule has 0 aliphatic heterocycles. The molecule has 0 spiro atoms. The van der Waals surface area contributed by atoms with E-state index in [0.29, 0.717) is 18.5 Å². The maximum absolute atomic E-state index is 13.4. The first-order valence-corrected chi connectivity index (χ1v) is 6.37. The summed E-state index contributed by atoms with van der Waals surface area (Å²) in [6.45, 7) is 6.08. The van der Waals surface area contributed by atoms with Crippen LogP contribution in [0.3, 0.4) is 0 Å². The van der Waals surface area contributed by atoms with Gasteiger partial charge in [-0.3, -0.25) is 4.79 Å². The number of rotatable bonds is 7. The van der Waals surface area contributed by atoms with Gasteiger partial charge in [-0.25, -0.2) is 4.39 Å². The molecule has 1 atom stereocenters. The van der Waals surface area contributed by atoms with Crippen LogP contribution in [0.1, 0.15) is 19.4 Å². The normalized spacial score (nSPS) is 11.5. The van der Waals surface area contributed by atoms with Crippen molar-refractivity contribution in [3.8, 4) is 0 Å². The third-order valence-corrected chi connectivity index (χ3v) is 2.78. The molecule has 0 radical (unpaired) electrons. The van der Waals surface area contributed by atoms with Gasteiger partial charge in [0.2, 0.25) is 5.91 Å². The maximum atomic E-state index is 13.4. The molecule has 0 aliphatic carbocycles. The Morgan fingerprint density at radius 3 is 2.63 bits per heavy atom. The number of carbonyl (C=O) groups excluding carboxylic acids is 1. The number of amides is 1. The van der Waals surface area contributed by atoms with Crippen molar-refractivity contribution in [3.05, 3.63) is 35.6 Å². The topological polar surface area (TPSA) is 41.1 Å². The van der Waals surface area contributed by atoms with Crippen molar-refractivity contribution in [2.45, 2.75) is 20.3 Å². The molecule has 2 N–H and O–H groups in total. The Balaban J connectivity index is 0.00000324. The predicted molar refractivity (Wildman–Crippen MR) is 78.1 cm³/mol. The van der Waals surface area contributed by atoms with Crippen LogP contribution in [-0.4, -0.2) is 25.5 Å². The average molecular weight is 289 g/mol. The van der Waals surface area contributed by atoms with Crippen molar-refractivity contribution in [2.24, 2.45) is 5.92 Å². The Hall–Kier alpha value is -1.13. The Bertz CT molecular complexity index is 387. The second-order valence-electron chi connectivity index (χ2n) is 4.34. The molecule has 0 aromatic heterocycles. The molecule has 108 valence electrons. The maximum Gasteiger partial charge on any atom is 0.223 e. The summed E-state index contributed by atoms with van der Waals surface area (Å²) in [4.78, 5) is 11.8. The first kappa shape index (κ1) is 17.9. The fourth-order valence-electron chi connectivity index (χ4n) is 1.71. The largest absolute Gasteiger partial charge is 0.355 e. The predicted octanol–water partition coefficient (Wildman–Crippen LogP) is 2.15. The summed E-state index contributed by atoms with van der Waals surface area (Å²) in [6, 6.07) is 6.58. The van der Waals surface area contributed by atoms with Gasteiger partial charge in [-0.15, -0.1) is 12.4 Å². The number of hydrogen-bond donors (Lipinski definition) is 2. The molecule has 19 heavy (non-hydrogen) atoms. The van der Waals surface area contributed by atoms with Gasteiger partial charge in [-0.2, -0.15) is 0 Å². The molecule has 1 amide bonds. The highest BCUT2D eigenvalue weighted by Crippen LogP contribution is 2.12. The summed E-state index contributed by atoms with van der Waals surface area (Å²) in [6.07, 6.45) is 0.430. The van der Waals surface area contributed by atoms with Gasteiger partial charge in [0.05, 0.1) is 0 Å². The van der Waals surface area contributed by atoms with E-state index in [1.807, 2.05) is 13.8 Å². The fraction of sp³-hybridized carbons (Fsp3) is 0.500. The van der Waals surface area contributed by atoms with E-state index < -0.39 is 0 Å². The lowest BCUT2D eigenvalue weighted by Gasteiger charge is -2.12. The molecule has 1 unspecified atom stereocenters. The van der Waals surface area contributed by atoms with Gasteiger partial charge in [0.1, 0.15) is 5.82 Å². The minimum Gasteiger partial charge on any atom is -0.355 e. The van der Waals surface area contributed by atoms with E-state index in [4.69, 9.17) is 0 Å². The molecular weight excluding hydrogens is 267 g/mol. The summed E-state index contributed by atoms with van der Waals surface area (Å²) >= 11 is 0. The van der Waals surface area contributed by atoms with Gasteiger partial charge in [-0.05, 0) is 24.6 Å². The van der Waals surface area contributed by atoms with Crippen molar-refractivity contribution in [2.75, 3.05) is 19.6 Å². The highest BCUT2D eigenvalue weighted by atomic mass is 35.5. The Morgan fingerprint density at radius 1 is 1.32 bits per heavy atom. The molecule has 1 rings (SSSR count). The number of hydrogen-bond acceptors (Lipinski definition) is 2. The van der Waals surface area contributed by atoms with E-state index in [1.54, 1.807) is 18.2 Å². The summed E-state index contributed by atoms with van der Waals surface area (Å²) in [5.41, 5.74) is 0.590.